The van der Waals surface area contributed by atoms with Gasteiger partial charge in [0, 0.05) is 29.1 Å². The predicted octanol–water partition coefficient (Wildman–Crippen LogP) is 3.92. The summed E-state index contributed by atoms with van der Waals surface area (Å²) in [7, 11) is -0.655. The summed E-state index contributed by atoms with van der Waals surface area (Å²) in [4.78, 5) is 34.6. The van der Waals surface area contributed by atoms with Gasteiger partial charge in [-0.15, -0.1) is 0 Å². The van der Waals surface area contributed by atoms with Crippen molar-refractivity contribution in [3.63, 3.8) is 0 Å². The Morgan fingerprint density at radius 1 is 1.29 bits per heavy atom. The third kappa shape index (κ3) is 7.57. The third-order valence-corrected chi connectivity index (χ3v) is 9.40. The Hall–Kier alpha value is -3.25. The lowest BCUT2D eigenvalue weighted by Crippen LogP contribution is -2.54. The lowest BCUT2D eigenvalue weighted by atomic mass is 9.68. The second-order valence-corrected chi connectivity index (χ2v) is 16.8. The number of nitrogens with zero attached hydrogens (tertiary/aromatic N) is 4. The third-order valence-electron chi connectivity index (χ3n) is 8.01. The van der Waals surface area contributed by atoms with Crippen LogP contribution < -0.4 is 16.4 Å². The van der Waals surface area contributed by atoms with Crippen LogP contribution >= 0.6 is 10.0 Å². The summed E-state index contributed by atoms with van der Waals surface area (Å²) in [6.45, 7) is 6.82. The van der Waals surface area contributed by atoms with Crippen LogP contribution in [0.4, 0.5) is 10.2 Å². The van der Waals surface area contributed by atoms with E-state index in [1.807, 2.05) is 20.8 Å². The van der Waals surface area contributed by atoms with Gasteiger partial charge in [-0.1, -0.05) is 0 Å². The average molecular weight is 602 g/mol. The van der Waals surface area contributed by atoms with Crippen molar-refractivity contribution in [3.8, 4) is 11.1 Å². The van der Waals surface area contributed by atoms with Crippen molar-refractivity contribution in [3.05, 3.63) is 41.7 Å². The number of aryl methyl sites for hydroxylation is 1. The molecule has 0 saturated heterocycles. The molecule has 2 aromatic rings. The van der Waals surface area contributed by atoms with Gasteiger partial charge in [-0.05, 0) is 101 Å². The van der Waals surface area contributed by atoms with E-state index in [1.54, 1.807) is 16.8 Å². The SMILES string of the molecule is CCN=C(C=CN)C(=O)N[C@H](C(=O)Nc1ccc(-c2c(C)nn(COCCS(C)(C)C)c2C)c(F)n1)C1CC2(CC2)C1. The van der Waals surface area contributed by atoms with Crippen molar-refractivity contribution >= 4 is 33.4 Å². The van der Waals surface area contributed by atoms with Gasteiger partial charge >= 0.3 is 0 Å². The summed E-state index contributed by atoms with van der Waals surface area (Å²) in [6.07, 6.45) is 13.4. The van der Waals surface area contributed by atoms with Crippen molar-refractivity contribution in [1.82, 2.24) is 20.1 Å². The van der Waals surface area contributed by atoms with Crippen LogP contribution in [0.1, 0.15) is 44.0 Å². The van der Waals surface area contributed by atoms with E-state index in [4.69, 9.17) is 10.5 Å². The van der Waals surface area contributed by atoms with Gasteiger partial charge in [-0.2, -0.15) is 9.49 Å². The molecule has 1 spiro atoms. The van der Waals surface area contributed by atoms with Crippen LogP contribution in [0.5, 0.6) is 0 Å². The summed E-state index contributed by atoms with van der Waals surface area (Å²) in [5.41, 5.74) is 8.32. The number of hydrogen-bond acceptors (Lipinski definition) is 7. The highest BCUT2D eigenvalue weighted by molar-refractivity contribution is 8.32. The van der Waals surface area contributed by atoms with E-state index >= 15 is 4.39 Å². The Kier molecular flexibility index (Phi) is 9.77. The number of amides is 2. The average Bonchev–Trinajstić information content (AvgIpc) is 3.65. The zero-order valence-electron chi connectivity index (χ0n) is 25.5. The Bertz CT molecular complexity index is 1370. The first-order valence-electron chi connectivity index (χ1n) is 14.4. The zero-order valence-corrected chi connectivity index (χ0v) is 26.3. The number of nitrogens with two attached hydrogens (primary N) is 1. The minimum absolute atomic E-state index is 0.0199. The summed E-state index contributed by atoms with van der Waals surface area (Å²) in [5, 5.41) is 10.1. The quantitative estimate of drug-likeness (QED) is 0.181. The van der Waals surface area contributed by atoms with Crippen molar-refractivity contribution in [2.24, 2.45) is 22.1 Å². The summed E-state index contributed by atoms with van der Waals surface area (Å²) >= 11 is 0. The normalized spacial score (nSPS) is 17.7. The molecule has 230 valence electrons. The number of aliphatic imine (C=N–C) groups is 1. The van der Waals surface area contributed by atoms with Crippen LogP contribution in [0.25, 0.3) is 11.1 Å². The van der Waals surface area contributed by atoms with E-state index in [2.05, 4.69) is 44.5 Å². The molecule has 10 nitrogen and oxygen atoms in total. The van der Waals surface area contributed by atoms with Gasteiger partial charge < -0.3 is 21.1 Å². The Morgan fingerprint density at radius 2 is 2.00 bits per heavy atom. The number of halogens is 1. The maximum Gasteiger partial charge on any atom is 0.270 e. The van der Waals surface area contributed by atoms with Gasteiger partial charge in [0.1, 0.15) is 24.3 Å². The highest BCUT2D eigenvalue weighted by Crippen LogP contribution is 2.64. The second-order valence-electron chi connectivity index (χ2n) is 12.2. The molecule has 2 fully saturated rings. The molecular weight excluding hydrogens is 557 g/mol. The van der Waals surface area contributed by atoms with E-state index in [1.165, 1.54) is 12.3 Å². The number of ether oxygens (including phenoxy) is 1. The fourth-order valence-corrected chi connectivity index (χ4v) is 6.13. The van der Waals surface area contributed by atoms with Crippen LogP contribution in [-0.4, -0.2) is 76.0 Å². The Labute approximate surface area is 249 Å². The number of hydrogen-bond donors (Lipinski definition) is 3. The molecule has 0 bridgehead atoms. The zero-order chi connectivity index (χ0) is 30.7. The van der Waals surface area contributed by atoms with E-state index in [0.29, 0.717) is 35.4 Å². The predicted molar refractivity (Wildman–Crippen MR) is 167 cm³/mol. The number of anilines is 1. The standard InChI is InChI=1S/C30H44FN7O3S/c1-7-33-23(10-13-32)28(39)36-26(21-16-30(17-21)11-12-30)29(40)35-24-9-8-22(27(31)34-24)25-19(2)37-38(20(25)3)18-41-14-15-42(4,5)6/h8-10,13,21,26H,7,11-12,14-18,32H2,1-6H3,(H,36,39)(H,34,35,40)/t26-/m0/s1. The maximum absolute atomic E-state index is 15.4. The molecule has 2 amide bonds. The van der Waals surface area contributed by atoms with Gasteiger partial charge in [0.15, 0.2) is 0 Å². The molecule has 1 atom stereocenters. The van der Waals surface area contributed by atoms with Crippen molar-refractivity contribution < 1.29 is 18.7 Å². The van der Waals surface area contributed by atoms with E-state index < -0.39 is 33.8 Å². The van der Waals surface area contributed by atoms with Gasteiger partial charge in [-0.25, -0.2) is 19.7 Å². The fourth-order valence-electron chi connectivity index (χ4n) is 5.51. The molecule has 42 heavy (non-hydrogen) atoms. The second kappa shape index (κ2) is 12.9. The lowest BCUT2D eigenvalue weighted by Gasteiger charge is -2.40. The van der Waals surface area contributed by atoms with Gasteiger partial charge in [0.25, 0.3) is 5.91 Å². The molecule has 0 aromatic carbocycles. The fraction of sp³-hybridized carbons (Fsp3) is 0.567. The topological polar surface area (TPSA) is 137 Å². The number of carbonyl (C=O) groups is 2. The number of nitrogens with one attached hydrogen (secondary N) is 2. The minimum atomic E-state index is -0.802. The minimum Gasteiger partial charge on any atom is -0.405 e. The Balaban J connectivity index is 1.47. The molecule has 2 aliphatic carbocycles. The van der Waals surface area contributed by atoms with Crippen molar-refractivity contribution in [2.45, 2.75) is 59.2 Å². The maximum atomic E-state index is 15.4. The number of pyridine rings is 1. The van der Waals surface area contributed by atoms with E-state index in [9.17, 15) is 9.59 Å². The van der Waals surface area contributed by atoms with E-state index in [-0.39, 0.29) is 24.2 Å². The number of carbonyl (C=O) groups excluding carboxylic acids is 2. The van der Waals surface area contributed by atoms with Crippen LogP contribution in [0.2, 0.25) is 0 Å². The molecule has 2 saturated carbocycles. The summed E-state index contributed by atoms with van der Waals surface area (Å²) in [5.74, 6) is -0.589. The number of aromatic nitrogens is 3. The molecule has 0 aliphatic heterocycles. The largest absolute Gasteiger partial charge is 0.405 e. The van der Waals surface area contributed by atoms with Crippen molar-refractivity contribution in [2.75, 3.05) is 43.0 Å². The molecule has 4 N–H and O–H groups in total. The van der Waals surface area contributed by atoms with E-state index in [0.717, 1.165) is 37.1 Å². The molecule has 2 aliphatic rings. The lowest BCUT2D eigenvalue weighted by molar-refractivity contribution is -0.126. The molecule has 0 radical (unpaired) electrons. The highest BCUT2D eigenvalue weighted by atomic mass is 32.3. The first-order chi connectivity index (χ1) is 19.9. The van der Waals surface area contributed by atoms with Crippen LogP contribution in [-0.2, 0) is 21.1 Å². The first-order valence-corrected chi connectivity index (χ1v) is 17.4. The van der Waals surface area contributed by atoms with Gasteiger partial charge in [-0.3, -0.25) is 14.6 Å². The van der Waals surface area contributed by atoms with Crippen LogP contribution in [0.15, 0.2) is 29.4 Å². The van der Waals surface area contributed by atoms with Crippen LogP contribution in [0.3, 0.4) is 0 Å². The Morgan fingerprint density at radius 3 is 2.60 bits per heavy atom. The first kappa shape index (κ1) is 31.7. The van der Waals surface area contributed by atoms with Crippen molar-refractivity contribution in [1.29, 1.82) is 0 Å². The highest BCUT2D eigenvalue weighted by Gasteiger charge is 2.56. The molecule has 2 heterocycles. The molecule has 12 heteroatoms. The summed E-state index contributed by atoms with van der Waals surface area (Å²) in [6, 6.07) is 2.36. The molecule has 2 aromatic heterocycles. The molecular formula is C30H44FN7O3S. The molecule has 4 rings (SSSR count). The monoisotopic (exact) mass is 601 g/mol. The number of rotatable bonds is 13. The van der Waals surface area contributed by atoms with Gasteiger partial charge in [0.05, 0.1) is 12.3 Å². The van der Waals surface area contributed by atoms with Gasteiger partial charge in [0.2, 0.25) is 11.9 Å². The van der Waals surface area contributed by atoms with Crippen LogP contribution in [0, 0.1) is 31.1 Å². The summed E-state index contributed by atoms with van der Waals surface area (Å²) < 4.78 is 23.0. The molecule has 0 unspecified atom stereocenters. The smallest absolute Gasteiger partial charge is 0.270 e.